The number of nitrogens with zero attached hydrogens (tertiary/aromatic N) is 1. The summed E-state index contributed by atoms with van der Waals surface area (Å²) in [5, 5.41) is 11.8. The van der Waals surface area contributed by atoms with Crippen molar-refractivity contribution in [2.24, 2.45) is 5.41 Å². The van der Waals surface area contributed by atoms with Crippen LogP contribution < -0.4 is 10.2 Å². The molecule has 1 rings (SSSR count). The highest BCUT2D eigenvalue weighted by molar-refractivity contribution is 7.80. The monoisotopic (exact) mass is 412 g/mol. The van der Waals surface area contributed by atoms with Crippen LogP contribution in [0.3, 0.4) is 0 Å². The Morgan fingerprint density at radius 2 is 1.67 bits per heavy atom. The summed E-state index contributed by atoms with van der Waals surface area (Å²) >= 11 is 8.73. The predicted octanol–water partition coefficient (Wildman–Crippen LogP) is 3.81. The second kappa shape index (κ2) is 9.24. The van der Waals surface area contributed by atoms with Crippen molar-refractivity contribution in [3.63, 3.8) is 0 Å². The summed E-state index contributed by atoms with van der Waals surface area (Å²) in [5.41, 5.74) is 1.26. The van der Waals surface area contributed by atoms with E-state index in [1.807, 2.05) is 31.3 Å². The molecule has 5 nitrogen and oxygen atoms in total. The van der Waals surface area contributed by atoms with Crippen LogP contribution >= 0.6 is 25.3 Å². The standard InChI is InChI=1S/C20H32N2O3S2/c1-19(2,3)22(6)14-9-7-13(8-10-14)16(27)11-15(17(23)24)21-18(25)20(4,5)12-26/h7-10,15-16,26-27H,11-12H2,1-6H3,(H,21,25)(H,23,24). The van der Waals surface area contributed by atoms with Gasteiger partial charge in [0.2, 0.25) is 5.91 Å². The topological polar surface area (TPSA) is 69.6 Å². The van der Waals surface area contributed by atoms with Gasteiger partial charge < -0.3 is 15.3 Å². The first-order valence-electron chi connectivity index (χ1n) is 8.96. The molecule has 0 spiro atoms. The number of anilines is 1. The fourth-order valence-electron chi connectivity index (χ4n) is 2.31. The van der Waals surface area contributed by atoms with Crippen molar-refractivity contribution < 1.29 is 14.7 Å². The molecule has 0 aromatic heterocycles. The van der Waals surface area contributed by atoms with Crippen molar-refractivity contribution in [3.05, 3.63) is 29.8 Å². The van der Waals surface area contributed by atoms with Crippen LogP contribution in [0, 0.1) is 5.41 Å². The zero-order valence-corrected chi connectivity index (χ0v) is 18.8. The van der Waals surface area contributed by atoms with Crippen molar-refractivity contribution in [2.75, 3.05) is 17.7 Å². The molecule has 0 aliphatic heterocycles. The Morgan fingerprint density at radius 1 is 1.15 bits per heavy atom. The lowest BCUT2D eigenvalue weighted by Gasteiger charge is -2.34. The summed E-state index contributed by atoms with van der Waals surface area (Å²) < 4.78 is 0. The normalized spacial score (nSPS) is 14.4. The van der Waals surface area contributed by atoms with E-state index in [1.54, 1.807) is 13.8 Å². The van der Waals surface area contributed by atoms with Gasteiger partial charge in [-0.3, -0.25) is 4.79 Å². The summed E-state index contributed by atoms with van der Waals surface area (Å²) in [5.74, 6) is -1.06. The molecule has 0 aliphatic rings. The Morgan fingerprint density at radius 3 is 2.07 bits per heavy atom. The van der Waals surface area contributed by atoms with Crippen molar-refractivity contribution in [2.45, 2.75) is 57.9 Å². The Bertz CT molecular complexity index is 654. The number of carboxylic acid groups (broad SMARTS) is 1. The first kappa shape index (κ1) is 23.7. The van der Waals surface area contributed by atoms with Crippen molar-refractivity contribution >= 4 is 42.8 Å². The molecule has 0 fully saturated rings. The third-order valence-electron chi connectivity index (χ3n) is 4.74. The third kappa shape index (κ3) is 6.64. The third-order valence-corrected chi connectivity index (χ3v) is 6.04. The van der Waals surface area contributed by atoms with Crippen LogP contribution in [-0.4, -0.2) is 41.4 Å². The number of rotatable bonds is 8. The minimum atomic E-state index is -1.07. The van der Waals surface area contributed by atoms with E-state index in [4.69, 9.17) is 0 Å². The smallest absolute Gasteiger partial charge is 0.326 e. The van der Waals surface area contributed by atoms with Crippen LogP contribution in [0.1, 0.15) is 51.9 Å². The zero-order chi connectivity index (χ0) is 21.0. The van der Waals surface area contributed by atoms with E-state index < -0.39 is 17.4 Å². The van der Waals surface area contributed by atoms with Crippen LogP contribution in [-0.2, 0) is 9.59 Å². The van der Waals surface area contributed by atoms with E-state index in [2.05, 4.69) is 56.2 Å². The number of aliphatic carboxylic acids is 1. The molecule has 0 bridgehead atoms. The first-order valence-corrected chi connectivity index (χ1v) is 10.1. The predicted molar refractivity (Wildman–Crippen MR) is 118 cm³/mol. The lowest BCUT2D eigenvalue weighted by Crippen LogP contribution is -2.47. The van der Waals surface area contributed by atoms with Gasteiger partial charge in [0.25, 0.3) is 0 Å². The highest BCUT2D eigenvalue weighted by Crippen LogP contribution is 2.29. The molecule has 0 radical (unpaired) electrons. The Hall–Kier alpha value is -1.34. The zero-order valence-electron chi connectivity index (χ0n) is 17.0. The van der Waals surface area contributed by atoms with Gasteiger partial charge >= 0.3 is 5.97 Å². The second-order valence-electron chi connectivity index (χ2n) is 8.48. The Labute approximate surface area is 173 Å². The molecule has 1 aromatic carbocycles. The van der Waals surface area contributed by atoms with Gasteiger partial charge in [-0.05, 0) is 44.9 Å². The molecule has 1 aromatic rings. The molecule has 0 saturated carbocycles. The molecular formula is C20H32N2O3S2. The van der Waals surface area contributed by atoms with Crippen LogP contribution in [0.25, 0.3) is 0 Å². The molecule has 2 unspecified atom stereocenters. The average Bonchev–Trinajstić information content (AvgIpc) is 2.59. The fourth-order valence-corrected chi connectivity index (χ4v) is 2.84. The van der Waals surface area contributed by atoms with Crippen LogP contribution in [0.4, 0.5) is 5.69 Å². The highest BCUT2D eigenvalue weighted by atomic mass is 32.1. The molecule has 0 heterocycles. The summed E-state index contributed by atoms with van der Waals surface area (Å²) in [6, 6.07) is 6.90. The lowest BCUT2D eigenvalue weighted by atomic mass is 9.94. The van der Waals surface area contributed by atoms with E-state index in [0.29, 0.717) is 5.75 Å². The first-order chi connectivity index (χ1) is 12.3. The minimum absolute atomic E-state index is 0.000360. The van der Waals surface area contributed by atoms with Crippen LogP contribution in [0.15, 0.2) is 24.3 Å². The van der Waals surface area contributed by atoms with Gasteiger partial charge in [0, 0.05) is 29.3 Å². The molecule has 152 valence electrons. The number of hydrogen-bond acceptors (Lipinski definition) is 5. The van der Waals surface area contributed by atoms with Crippen LogP contribution in [0.2, 0.25) is 0 Å². The molecular weight excluding hydrogens is 380 g/mol. The maximum atomic E-state index is 12.3. The number of amides is 1. The van der Waals surface area contributed by atoms with Gasteiger partial charge in [-0.15, -0.1) is 0 Å². The highest BCUT2D eigenvalue weighted by Gasteiger charge is 2.31. The van der Waals surface area contributed by atoms with E-state index in [0.717, 1.165) is 11.3 Å². The maximum Gasteiger partial charge on any atom is 0.326 e. The number of carboxylic acids is 1. The average molecular weight is 413 g/mol. The number of carbonyl (C=O) groups is 2. The molecule has 0 aliphatic carbocycles. The van der Waals surface area contributed by atoms with Crippen molar-refractivity contribution in [1.82, 2.24) is 5.32 Å². The van der Waals surface area contributed by atoms with Gasteiger partial charge in [-0.2, -0.15) is 25.3 Å². The summed E-state index contributed by atoms with van der Waals surface area (Å²) in [6.45, 7) is 9.87. The van der Waals surface area contributed by atoms with E-state index >= 15 is 0 Å². The van der Waals surface area contributed by atoms with E-state index in [1.165, 1.54) is 0 Å². The van der Waals surface area contributed by atoms with Gasteiger partial charge in [0.15, 0.2) is 0 Å². The van der Waals surface area contributed by atoms with Gasteiger partial charge in [0.1, 0.15) is 6.04 Å². The number of hydrogen-bond donors (Lipinski definition) is 4. The number of carbonyl (C=O) groups excluding carboxylic acids is 1. The summed E-state index contributed by atoms with van der Waals surface area (Å²) in [6.07, 6.45) is 0.196. The van der Waals surface area contributed by atoms with E-state index in [9.17, 15) is 14.7 Å². The SMILES string of the molecule is CN(c1ccc(C(S)CC(NC(=O)C(C)(C)CS)C(=O)O)cc1)C(C)(C)C. The molecule has 2 atom stereocenters. The second-order valence-corrected chi connectivity index (χ2v) is 9.42. The lowest BCUT2D eigenvalue weighted by molar-refractivity contribution is -0.143. The molecule has 7 heteroatoms. The Balaban J connectivity index is 2.86. The van der Waals surface area contributed by atoms with Gasteiger partial charge in [-0.1, -0.05) is 26.0 Å². The quantitative estimate of drug-likeness (QED) is 0.490. The summed E-state index contributed by atoms with van der Waals surface area (Å²) in [7, 11) is 2.03. The van der Waals surface area contributed by atoms with E-state index in [-0.39, 0.29) is 23.1 Å². The summed E-state index contributed by atoms with van der Waals surface area (Å²) in [4.78, 5) is 26.1. The largest absolute Gasteiger partial charge is 0.480 e. The Kier molecular flexibility index (Phi) is 8.11. The number of thiol groups is 2. The molecule has 1 amide bonds. The van der Waals surface area contributed by atoms with Crippen LogP contribution in [0.5, 0.6) is 0 Å². The number of benzene rings is 1. The maximum absolute atomic E-state index is 12.3. The molecule has 0 saturated heterocycles. The van der Waals surface area contributed by atoms with Crippen molar-refractivity contribution in [3.8, 4) is 0 Å². The van der Waals surface area contributed by atoms with Gasteiger partial charge in [0.05, 0.1) is 5.41 Å². The molecule has 27 heavy (non-hydrogen) atoms. The molecule has 2 N–H and O–H groups in total. The van der Waals surface area contributed by atoms with Crippen molar-refractivity contribution in [1.29, 1.82) is 0 Å². The fraction of sp³-hybridized carbons (Fsp3) is 0.600. The number of nitrogens with one attached hydrogen (secondary N) is 1. The minimum Gasteiger partial charge on any atom is -0.480 e. The van der Waals surface area contributed by atoms with Gasteiger partial charge in [-0.25, -0.2) is 4.79 Å².